The Morgan fingerprint density at radius 1 is 1.00 bits per heavy atom. The molecule has 3 rings (SSSR count). The first kappa shape index (κ1) is 10.1. The van der Waals surface area contributed by atoms with Crippen LogP contribution in [0.1, 0.15) is 45.4 Å². The second-order valence-electron chi connectivity index (χ2n) is 5.54. The molecule has 0 unspecified atom stereocenters. The molecule has 2 atom stereocenters. The fraction of sp³-hybridized carbons (Fsp3) is 1.00. The van der Waals surface area contributed by atoms with Gasteiger partial charge in [-0.3, -0.25) is 0 Å². The van der Waals surface area contributed by atoms with E-state index < -0.39 is 10.0 Å². The number of sulfonamides is 1. The van der Waals surface area contributed by atoms with Gasteiger partial charge in [0.15, 0.2) is 0 Å². The van der Waals surface area contributed by atoms with Crippen LogP contribution in [0.5, 0.6) is 0 Å². The minimum atomic E-state index is -2.91. The van der Waals surface area contributed by atoms with Gasteiger partial charge in [0.25, 0.3) is 0 Å². The molecule has 3 nitrogen and oxygen atoms in total. The van der Waals surface area contributed by atoms with E-state index in [1.54, 1.807) is 0 Å². The molecular formula is C11H19NO2S. The van der Waals surface area contributed by atoms with Crippen LogP contribution in [0, 0.1) is 5.92 Å². The Morgan fingerprint density at radius 2 is 1.53 bits per heavy atom. The summed E-state index contributed by atoms with van der Waals surface area (Å²) < 4.78 is 26.4. The monoisotopic (exact) mass is 229 g/mol. The van der Waals surface area contributed by atoms with E-state index in [0.717, 1.165) is 38.5 Å². The average Bonchev–Trinajstić information content (AvgIpc) is 2.93. The van der Waals surface area contributed by atoms with Crippen LogP contribution in [-0.2, 0) is 10.0 Å². The van der Waals surface area contributed by atoms with E-state index in [1.807, 2.05) is 4.31 Å². The largest absolute Gasteiger partial charge is 0.217 e. The molecule has 2 saturated heterocycles. The van der Waals surface area contributed by atoms with Gasteiger partial charge in [-0.15, -0.1) is 0 Å². The van der Waals surface area contributed by atoms with Crippen molar-refractivity contribution in [3.63, 3.8) is 0 Å². The number of hydrogen-bond donors (Lipinski definition) is 0. The van der Waals surface area contributed by atoms with Crippen molar-refractivity contribution in [1.29, 1.82) is 0 Å². The minimum absolute atomic E-state index is 0.0194. The first-order chi connectivity index (χ1) is 7.09. The van der Waals surface area contributed by atoms with Gasteiger partial charge in [-0.05, 0) is 44.4 Å². The summed E-state index contributed by atoms with van der Waals surface area (Å²) in [7, 11) is -2.91. The smallest absolute Gasteiger partial charge is 0.212 e. The summed E-state index contributed by atoms with van der Waals surface area (Å²) >= 11 is 0. The molecule has 0 aromatic rings. The van der Waals surface area contributed by atoms with Gasteiger partial charge in [0, 0.05) is 12.1 Å². The van der Waals surface area contributed by atoms with Crippen LogP contribution in [-0.4, -0.2) is 30.1 Å². The number of fused-ring (bicyclic) bond motifs is 2. The predicted molar refractivity (Wildman–Crippen MR) is 59.0 cm³/mol. The van der Waals surface area contributed by atoms with Gasteiger partial charge < -0.3 is 0 Å². The maximum Gasteiger partial charge on any atom is 0.217 e. The number of piperidine rings is 1. The molecule has 0 N–H and O–H groups in total. The molecule has 0 aromatic heterocycles. The third-order valence-corrected chi connectivity index (χ3v) is 6.64. The maximum absolute atomic E-state index is 12.2. The van der Waals surface area contributed by atoms with Crippen LogP contribution in [0.2, 0.25) is 0 Å². The highest BCUT2D eigenvalue weighted by molar-refractivity contribution is 7.90. The number of rotatable bonds is 2. The quantitative estimate of drug-likeness (QED) is 0.723. The fourth-order valence-corrected chi connectivity index (χ4v) is 5.65. The first-order valence-corrected chi connectivity index (χ1v) is 7.61. The zero-order chi connectivity index (χ0) is 10.6. The molecule has 86 valence electrons. The lowest BCUT2D eigenvalue weighted by Crippen LogP contribution is -2.47. The van der Waals surface area contributed by atoms with Crippen LogP contribution < -0.4 is 0 Å². The summed E-state index contributed by atoms with van der Waals surface area (Å²) in [6.45, 7) is 2.26. The van der Waals surface area contributed by atoms with E-state index in [2.05, 4.69) is 6.92 Å². The van der Waals surface area contributed by atoms with E-state index in [1.165, 1.54) is 0 Å². The van der Waals surface area contributed by atoms with Crippen LogP contribution in [0.3, 0.4) is 0 Å². The van der Waals surface area contributed by atoms with Crippen molar-refractivity contribution in [2.24, 2.45) is 5.92 Å². The van der Waals surface area contributed by atoms with E-state index in [4.69, 9.17) is 0 Å². The Kier molecular flexibility index (Phi) is 2.15. The van der Waals surface area contributed by atoms with Gasteiger partial charge in [0.1, 0.15) is 0 Å². The summed E-state index contributed by atoms with van der Waals surface area (Å²) in [5, 5.41) is -0.0194. The second kappa shape index (κ2) is 3.20. The highest BCUT2D eigenvalue weighted by Crippen LogP contribution is 2.44. The number of nitrogens with zero attached hydrogens (tertiary/aromatic N) is 1. The normalized spacial score (nSPS) is 42.1. The molecule has 4 heteroatoms. The van der Waals surface area contributed by atoms with Crippen molar-refractivity contribution in [3.8, 4) is 0 Å². The highest BCUT2D eigenvalue weighted by atomic mass is 32.2. The van der Waals surface area contributed by atoms with Gasteiger partial charge in [0.2, 0.25) is 10.0 Å². The van der Waals surface area contributed by atoms with Crippen molar-refractivity contribution in [3.05, 3.63) is 0 Å². The van der Waals surface area contributed by atoms with Crippen molar-refractivity contribution >= 4 is 10.0 Å². The predicted octanol–water partition coefficient (Wildman–Crippen LogP) is 1.74. The lowest BCUT2D eigenvalue weighted by Gasteiger charge is -2.36. The Hall–Kier alpha value is -0.0900. The molecule has 3 fully saturated rings. The first-order valence-electron chi connectivity index (χ1n) is 6.11. The molecule has 1 aliphatic carbocycles. The zero-order valence-electron chi connectivity index (χ0n) is 9.22. The molecule has 2 aliphatic heterocycles. The lowest BCUT2D eigenvalue weighted by atomic mass is 9.94. The molecule has 2 heterocycles. The van der Waals surface area contributed by atoms with Crippen LogP contribution in [0.4, 0.5) is 0 Å². The van der Waals surface area contributed by atoms with Gasteiger partial charge in [-0.2, -0.15) is 4.31 Å². The molecule has 0 spiro atoms. The van der Waals surface area contributed by atoms with E-state index in [0.29, 0.717) is 18.0 Å². The molecule has 15 heavy (non-hydrogen) atoms. The topological polar surface area (TPSA) is 37.4 Å². The summed E-state index contributed by atoms with van der Waals surface area (Å²) in [4.78, 5) is 0. The zero-order valence-corrected chi connectivity index (χ0v) is 10.0. The van der Waals surface area contributed by atoms with Gasteiger partial charge in [-0.25, -0.2) is 8.42 Å². The van der Waals surface area contributed by atoms with E-state index in [-0.39, 0.29) is 5.25 Å². The van der Waals surface area contributed by atoms with Crippen molar-refractivity contribution in [2.45, 2.75) is 62.8 Å². The molecule has 3 aliphatic rings. The highest BCUT2D eigenvalue weighted by Gasteiger charge is 2.50. The van der Waals surface area contributed by atoms with Gasteiger partial charge in [0.05, 0.1) is 5.25 Å². The molecule has 2 bridgehead atoms. The minimum Gasteiger partial charge on any atom is -0.212 e. The summed E-state index contributed by atoms with van der Waals surface area (Å²) in [6.07, 6.45) is 6.16. The van der Waals surface area contributed by atoms with Crippen molar-refractivity contribution < 1.29 is 8.42 Å². The summed E-state index contributed by atoms with van der Waals surface area (Å²) in [5.41, 5.74) is 0. The van der Waals surface area contributed by atoms with Crippen molar-refractivity contribution in [2.75, 3.05) is 0 Å². The number of hydrogen-bond acceptors (Lipinski definition) is 2. The SMILES string of the molecule is CC1C[C@@H]2CC[C@@H](C1)N2S(=O)(=O)C1CC1. The summed E-state index contributed by atoms with van der Waals surface area (Å²) in [5.74, 6) is 0.716. The summed E-state index contributed by atoms with van der Waals surface area (Å²) in [6, 6.07) is 0.675. The molecular weight excluding hydrogens is 210 g/mol. The van der Waals surface area contributed by atoms with E-state index >= 15 is 0 Å². The molecule has 0 aromatic carbocycles. The fourth-order valence-electron chi connectivity index (χ4n) is 3.36. The standard InChI is InChI=1S/C11H19NO2S/c1-8-6-9-2-3-10(7-8)12(9)15(13,14)11-4-5-11/h8-11H,2-7H2,1H3/t9-,10-/m0/s1. The van der Waals surface area contributed by atoms with E-state index in [9.17, 15) is 8.42 Å². The Morgan fingerprint density at radius 3 is 2.00 bits per heavy atom. The van der Waals surface area contributed by atoms with Gasteiger partial charge >= 0.3 is 0 Å². The average molecular weight is 229 g/mol. The maximum atomic E-state index is 12.2. The van der Waals surface area contributed by atoms with Gasteiger partial charge in [-0.1, -0.05) is 6.92 Å². The third-order valence-electron chi connectivity index (χ3n) is 4.14. The Balaban J connectivity index is 1.88. The Bertz CT molecular complexity index is 347. The lowest BCUT2D eigenvalue weighted by molar-refractivity contribution is 0.200. The van der Waals surface area contributed by atoms with Crippen molar-refractivity contribution in [1.82, 2.24) is 4.31 Å². The molecule has 1 saturated carbocycles. The molecule has 0 radical (unpaired) electrons. The van der Waals surface area contributed by atoms with Crippen LogP contribution in [0.15, 0.2) is 0 Å². The molecule has 0 amide bonds. The third kappa shape index (κ3) is 1.53. The second-order valence-corrected chi connectivity index (χ2v) is 7.65. The van der Waals surface area contributed by atoms with Crippen LogP contribution >= 0.6 is 0 Å². The van der Waals surface area contributed by atoms with Crippen LogP contribution in [0.25, 0.3) is 0 Å². The Labute approximate surface area is 91.9 Å².